The highest BCUT2D eigenvalue weighted by Crippen LogP contribution is 2.33. The van der Waals surface area contributed by atoms with Crippen molar-refractivity contribution < 1.29 is 18.7 Å². The van der Waals surface area contributed by atoms with Gasteiger partial charge in [-0.05, 0) is 31.5 Å². The Morgan fingerprint density at radius 3 is 2.60 bits per heavy atom. The minimum Gasteiger partial charge on any atom is -0.467 e. The predicted octanol–water partition coefficient (Wildman–Crippen LogP) is 3.22. The summed E-state index contributed by atoms with van der Waals surface area (Å²) in [5, 5.41) is 5.83. The van der Waals surface area contributed by atoms with Gasteiger partial charge in [-0.15, -0.1) is 0 Å². The maximum absolute atomic E-state index is 12.8. The summed E-state index contributed by atoms with van der Waals surface area (Å²) in [4.78, 5) is 33.0. The third kappa shape index (κ3) is 4.12. The summed E-state index contributed by atoms with van der Waals surface area (Å²) in [5.74, 6) is -0.552. The molecule has 0 aliphatic carbocycles. The van der Waals surface area contributed by atoms with E-state index in [4.69, 9.17) is 9.15 Å². The van der Waals surface area contributed by atoms with Crippen LogP contribution in [0.4, 0.5) is 0 Å². The Morgan fingerprint density at radius 2 is 1.93 bits per heavy atom. The number of hydrogen-bond acceptors (Lipinski definition) is 7. The standard InChI is InChI=1S/C22H20N4O4/c1-14-5-7-16(8-6-14)17-10-19(20-4-3-9-29-20)26(25-17)21(27)13-30-22(28)18-12-23-15(2)11-24-18/h3-9,11-12,19H,10,13H2,1-2H3. The molecule has 4 rings (SSSR count). The number of nitrogens with zero attached hydrogens (tertiary/aromatic N) is 4. The highest BCUT2D eigenvalue weighted by atomic mass is 16.5. The van der Waals surface area contributed by atoms with Crippen LogP contribution < -0.4 is 0 Å². The minimum atomic E-state index is -0.715. The predicted molar refractivity (Wildman–Crippen MR) is 108 cm³/mol. The molecule has 1 aromatic carbocycles. The molecule has 30 heavy (non-hydrogen) atoms. The van der Waals surface area contributed by atoms with E-state index in [1.54, 1.807) is 25.3 Å². The number of aryl methyl sites for hydroxylation is 2. The number of furan rings is 1. The monoisotopic (exact) mass is 404 g/mol. The van der Waals surface area contributed by atoms with Crippen LogP contribution in [0.2, 0.25) is 0 Å². The Kier molecular flexibility index (Phi) is 5.38. The summed E-state index contributed by atoms with van der Waals surface area (Å²) in [6.07, 6.45) is 4.83. The Balaban J connectivity index is 1.50. The van der Waals surface area contributed by atoms with Crippen LogP contribution in [-0.2, 0) is 9.53 Å². The van der Waals surface area contributed by atoms with Gasteiger partial charge in [0.2, 0.25) is 0 Å². The van der Waals surface area contributed by atoms with E-state index >= 15 is 0 Å². The normalized spacial score (nSPS) is 15.7. The van der Waals surface area contributed by atoms with Crippen LogP contribution in [0.3, 0.4) is 0 Å². The van der Waals surface area contributed by atoms with Crippen LogP contribution in [0.1, 0.15) is 45.5 Å². The summed E-state index contributed by atoms with van der Waals surface area (Å²) in [6, 6.07) is 11.1. The molecule has 8 heteroatoms. The second-order valence-corrected chi connectivity index (χ2v) is 7.01. The van der Waals surface area contributed by atoms with E-state index in [2.05, 4.69) is 15.1 Å². The Labute approximate surface area is 173 Å². The van der Waals surface area contributed by atoms with Crippen LogP contribution in [0.5, 0.6) is 0 Å². The lowest BCUT2D eigenvalue weighted by molar-refractivity contribution is -0.136. The smallest absolute Gasteiger partial charge is 0.359 e. The van der Waals surface area contributed by atoms with Crippen LogP contribution in [-0.4, -0.2) is 39.2 Å². The maximum atomic E-state index is 12.8. The van der Waals surface area contributed by atoms with E-state index in [0.29, 0.717) is 17.9 Å². The fraction of sp³-hybridized carbons (Fsp3) is 0.227. The molecule has 0 saturated carbocycles. The van der Waals surface area contributed by atoms with Gasteiger partial charge in [0, 0.05) is 12.6 Å². The van der Waals surface area contributed by atoms with Crippen molar-refractivity contribution in [1.82, 2.24) is 15.0 Å². The van der Waals surface area contributed by atoms with Crippen molar-refractivity contribution in [1.29, 1.82) is 0 Å². The zero-order valence-corrected chi connectivity index (χ0v) is 16.6. The third-order valence-electron chi connectivity index (χ3n) is 4.74. The second kappa shape index (κ2) is 8.28. The van der Waals surface area contributed by atoms with Gasteiger partial charge in [0.05, 0.1) is 23.9 Å². The summed E-state index contributed by atoms with van der Waals surface area (Å²) < 4.78 is 10.6. The molecule has 1 amide bonds. The number of hydrazone groups is 1. The average molecular weight is 404 g/mol. The van der Waals surface area contributed by atoms with Crippen molar-refractivity contribution in [2.45, 2.75) is 26.3 Å². The Morgan fingerprint density at radius 1 is 1.13 bits per heavy atom. The van der Waals surface area contributed by atoms with E-state index in [9.17, 15) is 9.59 Å². The number of carbonyl (C=O) groups excluding carboxylic acids is 2. The fourth-order valence-electron chi connectivity index (χ4n) is 3.13. The molecule has 0 bridgehead atoms. The van der Waals surface area contributed by atoms with Gasteiger partial charge in [-0.25, -0.2) is 14.8 Å². The quantitative estimate of drug-likeness (QED) is 0.606. The third-order valence-corrected chi connectivity index (χ3v) is 4.74. The highest BCUT2D eigenvalue weighted by Gasteiger charge is 2.35. The summed E-state index contributed by atoms with van der Waals surface area (Å²) in [6.45, 7) is 3.31. The van der Waals surface area contributed by atoms with Crippen molar-refractivity contribution in [3.05, 3.63) is 83.3 Å². The summed E-state index contributed by atoms with van der Waals surface area (Å²) in [7, 11) is 0. The van der Waals surface area contributed by atoms with Crippen molar-refractivity contribution >= 4 is 17.6 Å². The van der Waals surface area contributed by atoms with Gasteiger partial charge in [0.1, 0.15) is 11.8 Å². The molecule has 0 radical (unpaired) electrons. The van der Waals surface area contributed by atoms with Gasteiger partial charge in [0.15, 0.2) is 12.3 Å². The molecule has 3 aromatic rings. The zero-order valence-electron chi connectivity index (χ0n) is 16.6. The number of rotatable bonds is 5. The molecular formula is C22H20N4O4. The molecule has 2 aromatic heterocycles. The maximum Gasteiger partial charge on any atom is 0.359 e. The molecule has 1 unspecified atom stereocenters. The summed E-state index contributed by atoms with van der Waals surface area (Å²) >= 11 is 0. The number of hydrogen-bond donors (Lipinski definition) is 0. The van der Waals surface area contributed by atoms with E-state index in [1.807, 2.05) is 31.2 Å². The van der Waals surface area contributed by atoms with Crippen molar-refractivity contribution in [2.75, 3.05) is 6.61 Å². The van der Waals surface area contributed by atoms with Crippen molar-refractivity contribution in [3.8, 4) is 0 Å². The molecule has 152 valence electrons. The molecule has 0 N–H and O–H groups in total. The van der Waals surface area contributed by atoms with E-state index in [-0.39, 0.29) is 5.69 Å². The molecular weight excluding hydrogens is 384 g/mol. The first-order valence-electron chi connectivity index (χ1n) is 9.47. The first kappa shape index (κ1) is 19.5. The highest BCUT2D eigenvalue weighted by molar-refractivity contribution is 6.03. The second-order valence-electron chi connectivity index (χ2n) is 7.01. The van der Waals surface area contributed by atoms with Crippen LogP contribution >= 0.6 is 0 Å². The van der Waals surface area contributed by atoms with E-state index in [1.165, 1.54) is 17.4 Å². The van der Waals surface area contributed by atoms with Crippen LogP contribution in [0.15, 0.2) is 64.6 Å². The molecule has 0 saturated heterocycles. The van der Waals surface area contributed by atoms with Crippen molar-refractivity contribution in [2.24, 2.45) is 5.10 Å². The first-order chi connectivity index (χ1) is 14.5. The lowest BCUT2D eigenvalue weighted by Crippen LogP contribution is -2.31. The number of amides is 1. The summed E-state index contributed by atoms with van der Waals surface area (Å²) in [5.41, 5.74) is 3.55. The number of aromatic nitrogens is 2. The molecule has 1 atom stereocenters. The van der Waals surface area contributed by atoms with E-state index < -0.39 is 24.5 Å². The van der Waals surface area contributed by atoms with Crippen LogP contribution in [0.25, 0.3) is 0 Å². The van der Waals surface area contributed by atoms with E-state index in [0.717, 1.165) is 16.8 Å². The van der Waals surface area contributed by atoms with Gasteiger partial charge < -0.3 is 9.15 Å². The Bertz CT molecular complexity index is 1070. The van der Waals surface area contributed by atoms with Gasteiger partial charge in [-0.2, -0.15) is 5.10 Å². The van der Waals surface area contributed by atoms with Gasteiger partial charge in [-0.3, -0.25) is 9.78 Å². The largest absolute Gasteiger partial charge is 0.467 e. The molecule has 0 spiro atoms. The number of carbonyl (C=O) groups is 2. The lowest BCUT2D eigenvalue weighted by Gasteiger charge is -2.19. The average Bonchev–Trinajstić information content (AvgIpc) is 3.43. The SMILES string of the molecule is Cc1ccc(C2=NN(C(=O)COC(=O)c3cnc(C)cn3)C(c3ccco3)C2)cc1. The molecule has 8 nitrogen and oxygen atoms in total. The van der Waals surface area contributed by atoms with Crippen LogP contribution in [0, 0.1) is 13.8 Å². The number of benzene rings is 1. The van der Waals surface area contributed by atoms with Crippen molar-refractivity contribution in [3.63, 3.8) is 0 Å². The lowest BCUT2D eigenvalue weighted by atomic mass is 10.0. The first-order valence-corrected chi connectivity index (χ1v) is 9.47. The number of ether oxygens (including phenoxy) is 1. The molecule has 0 fully saturated rings. The fourth-order valence-corrected chi connectivity index (χ4v) is 3.13. The zero-order chi connectivity index (χ0) is 21.1. The molecule has 1 aliphatic heterocycles. The topological polar surface area (TPSA) is 97.9 Å². The minimum absolute atomic E-state index is 0.0428. The van der Waals surface area contributed by atoms with Gasteiger partial charge >= 0.3 is 5.97 Å². The molecule has 1 aliphatic rings. The molecule has 3 heterocycles. The van der Waals surface area contributed by atoms with Gasteiger partial charge in [0.25, 0.3) is 5.91 Å². The van der Waals surface area contributed by atoms with Gasteiger partial charge in [-0.1, -0.05) is 29.8 Å². The number of esters is 1. The Hall–Kier alpha value is -3.81.